The summed E-state index contributed by atoms with van der Waals surface area (Å²) >= 11 is 0. The van der Waals surface area contributed by atoms with Crippen LogP contribution >= 0.6 is 0 Å². The molecule has 1 unspecified atom stereocenters. The number of piperidine rings is 1. The zero-order valence-electron chi connectivity index (χ0n) is 18.1. The third-order valence-electron chi connectivity index (χ3n) is 5.81. The van der Waals surface area contributed by atoms with Gasteiger partial charge >= 0.3 is 0 Å². The van der Waals surface area contributed by atoms with Crippen molar-refractivity contribution in [1.82, 2.24) is 19.9 Å². The van der Waals surface area contributed by atoms with Crippen LogP contribution in [0.3, 0.4) is 0 Å². The molecule has 1 saturated heterocycles. The molecule has 4 rings (SSSR count). The number of fused-ring (bicyclic) bond motifs is 1. The van der Waals surface area contributed by atoms with Crippen LogP contribution in [0.4, 0.5) is 17.3 Å². The quantitative estimate of drug-likeness (QED) is 0.514. The van der Waals surface area contributed by atoms with Crippen LogP contribution in [-0.4, -0.2) is 40.3 Å². The van der Waals surface area contributed by atoms with Crippen LogP contribution in [0.2, 0.25) is 0 Å². The predicted octanol–water partition coefficient (Wildman–Crippen LogP) is 4.37. The molecule has 0 spiro atoms. The monoisotopic (exact) mass is 408 g/mol. The Kier molecular flexibility index (Phi) is 6.38. The van der Waals surface area contributed by atoms with Gasteiger partial charge in [0.25, 0.3) is 0 Å². The summed E-state index contributed by atoms with van der Waals surface area (Å²) in [5, 5.41) is 15.3. The number of rotatable bonds is 8. The topological polar surface area (TPSA) is 75.5 Å². The normalized spacial score (nSPS) is 19.0. The summed E-state index contributed by atoms with van der Waals surface area (Å²) in [5.74, 6) is 3.38. The van der Waals surface area contributed by atoms with E-state index < -0.39 is 0 Å². The van der Waals surface area contributed by atoms with E-state index in [4.69, 9.17) is 9.72 Å². The second-order valence-electron chi connectivity index (χ2n) is 7.91. The van der Waals surface area contributed by atoms with Crippen molar-refractivity contribution < 1.29 is 4.74 Å². The van der Waals surface area contributed by atoms with Crippen molar-refractivity contribution in [2.45, 2.75) is 46.1 Å². The molecular formula is C23H32N6O. The number of nitrogens with one attached hydrogen (secondary N) is 3. The number of anilines is 3. The molecule has 2 aromatic heterocycles. The fourth-order valence-corrected chi connectivity index (χ4v) is 4.22. The molecule has 0 radical (unpaired) electrons. The minimum absolute atomic E-state index is 0.383. The Hall–Kier alpha value is -2.80. The molecule has 0 bridgehead atoms. The van der Waals surface area contributed by atoms with E-state index in [2.05, 4.69) is 34.9 Å². The fourth-order valence-electron chi connectivity index (χ4n) is 4.22. The van der Waals surface area contributed by atoms with Crippen LogP contribution in [-0.2, 0) is 0 Å². The Bertz CT molecular complexity index is 966. The van der Waals surface area contributed by atoms with Gasteiger partial charge in [0.15, 0.2) is 5.65 Å². The van der Waals surface area contributed by atoms with E-state index >= 15 is 0 Å². The highest BCUT2D eigenvalue weighted by molar-refractivity contribution is 5.69. The number of hydrogen-bond acceptors (Lipinski definition) is 6. The van der Waals surface area contributed by atoms with E-state index in [1.165, 1.54) is 19.3 Å². The third-order valence-corrected chi connectivity index (χ3v) is 5.81. The molecule has 0 saturated carbocycles. The molecule has 3 heterocycles. The van der Waals surface area contributed by atoms with Crippen molar-refractivity contribution >= 4 is 23.0 Å². The summed E-state index contributed by atoms with van der Waals surface area (Å²) in [4.78, 5) is 4.87. The van der Waals surface area contributed by atoms with E-state index in [1.54, 1.807) is 6.20 Å². The van der Waals surface area contributed by atoms with Gasteiger partial charge in [0.2, 0.25) is 0 Å². The van der Waals surface area contributed by atoms with Crippen LogP contribution < -0.4 is 20.7 Å². The van der Waals surface area contributed by atoms with E-state index in [1.807, 2.05) is 41.8 Å². The van der Waals surface area contributed by atoms with Gasteiger partial charge in [-0.25, -0.2) is 4.98 Å². The summed E-state index contributed by atoms with van der Waals surface area (Å²) in [7, 11) is 0. The van der Waals surface area contributed by atoms with Crippen molar-refractivity contribution in [3.63, 3.8) is 0 Å². The van der Waals surface area contributed by atoms with Gasteiger partial charge in [0.05, 0.1) is 12.8 Å². The number of hydrogen-bond donors (Lipinski definition) is 3. The maximum Gasteiger partial charge on any atom is 0.159 e. The summed E-state index contributed by atoms with van der Waals surface area (Å²) in [6.07, 6.45) is 5.44. The largest absolute Gasteiger partial charge is 0.494 e. The van der Waals surface area contributed by atoms with E-state index in [-0.39, 0.29) is 0 Å². The minimum Gasteiger partial charge on any atom is -0.494 e. The van der Waals surface area contributed by atoms with Crippen molar-refractivity contribution in [3.8, 4) is 5.75 Å². The highest BCUT2D eigenvalue weighted by Crippen LogP contribution is 2.29. The van der Waals surface area contributed by atoms with Gasteiger partial charge in [-0.2, -0.15) is 9.61 Å². The lowest BCUT2D eigenvalue weighted by molar-refractivity contribution is 0.320. The van der Waals surface area contributed by atoms with Crippen molar-refractivity contribution in [3.05, 3.63) is 42.1 Å². The molecule has 3 N–H and O–H groups in total. The number of aromatic nitrogens is 3. The molecule has 1 aliphatic rings. The summed E-state index contributed by atoms with van der Waals surface area (Å²) in [5.41, 5.74) is 2.87. The Labute approximate surface area is 178 Å². The van der Waals surface area contributed by atoms with Crippen LogP contribution in [0.5, 0.6) is 5.75 Å². The first-order valence-corrected chi connectivity index (χ1v) is 11.0. The average molecular weight is 409 g/mol. The Morgan fingerprint density at radius 3 is 2.80 bits per heavy atom. The van der Waals surface area contributed by atoms with E-state index in [0.29, 0.717) is 18.6 Å². The molecule has 0 amide bonds. The summed E-state index contributed by atoms with van der Waals surface area (Å²) in [6.45, 7) is 9.08. The molecular weight excluding hydrogens is 376 g/mol. The Morgan fingerprint density at radius 2 is 2.03 bits per heavy atom. The molecule has 1 aliphatic heterocycles. The van der Waals surface area contributed by atoms with Crippen LogP contribution in [0, 0.1) is 12.8 Å². The Balaban J connectivity index is 1.63. The zero-order chi connectivity index (χ0) is 20.9. The lowest BCUT2D eigenvalue weighted by Crippen LogP contribution is -2.45. The maximum atomic E-state index is 5.55. The van der Waals surface area contributed by atoms with Crippen molar-refractivity contribution in [2.75, 3.05) is 30.3 Å². The van der Waals surface area contributed by atoms with Gasteiger partial charge in [-0.3, -0.25) is 0 Å². The molecule has 0 aliphatic carbocycles. The fraction of sp³-hybridized carbons (Fsp3) is 0.478. The molecule has 1 fully saturated rings. The molecule has 160 valence electrons. The third kappa shape index (κ3) is 4.36. The molecule has 1 aromatic carbocycles. The van der Waals surface area contributed by atoms with Crippen molar-refractivity contribution in [1.29, 1.82) is 0 Å². The lowest BCUT2D eigenvalue weighted by atomic mass is 9.88. The van der Waals surface area contributed by atoms with Gasteiger partial charge in [0, 0.05) is 29.9 Å². The van der Waals surface area contributed by atoms with Gasteiger partial charge < -0.3 is 20.7 Å². The molecule has 2 atom stereocenters. The predicted molar refractivity (Wildman–Crippen MR) is 122 cm³/mol. The first kappa shape index (κ1) is 20.5. The minimum atomic E-state index is 0.383. The molecule has 30 heavy (non-hydrogen) atoms. The van der Waals surface area contributed by atoms with Crippen LogP contribution in [0.15, 0.2) is 36.5 Å². The second kappa shape index (κ2) is 9.34. The van der Waals surface area contributed by atoms with E-state index in [0.717, 1.165) is 47.4 Å². The second-order valence-corrected chi connectivity index (χ2v) is 7.91. The van der Waals surface area contributed by atoms with Gasteiger partial charge in [0.1, 0.15) is 17.4 Å². The number of nitrogens with zero attached hydrogens (tertiary/aromatic N) is 3. The zero-order valence-corrected chi connectivity index (χ0v) is 18.1. The first-order chi connectivity index (χ1) is 14.7. The summed E-state index contributed by atoms with van der Waals surface area (Å²) in [6, 6.07) is 10.3. The van der Waals surface area contributed by atoms with Crippen LogP contribution in [0.1, 0.15) is 38.7 Å². The van der Waals surface area contributed by atoms with Crippen LogP contribution in [0.25, 0.3) is 5.65 Å². The number of benzene rings is 1. The molecule has 3 aromatic rings. The maximum absolute atomic E-state index is 5.55. The highest BCUT2D eigenvalue weighted by atomic mass is 16.5. The highest BCUT2D eigenvalue weighted by Gasteiger charge is 2.25. The standard InChI is InChI=1S/C23H32N6O/c1-4-6-17-11-13-24-15-20(17)27-22-16(3)23(29-21(28-22)12-14-25-29)26-18-7-9-19(10-8-18)30-5-2/h7-10,12,14,17,20,24,26H,4-6,11,13,15H2,1-3H3,(H,27,28)/t17?,20-/m1/s1. The Morgan fingerprint density at radius 1 is 1.20 bits per heavy atom. The number of ether oxygens (including phenoxy) is 1. The lowest BCUT2D eigenvalue weighted by Gasteiger charge is -2.33. The van der Waals surface area contributed by atoms with Crippen molar-refractivity contribution in [2.24, 2.45) is 5.92 Å². The average Bonchev–Trinajstić information content (AvgIpc) is 3.22. The molecule has 7 nitrogen and oxygen atoms in total. The van der Waals surface area contributed by atoms with Gasteiger partial charge in [-0.05, 0) is 63.4 Å². The van der Waals surface area contributed by atoms with E-state index in [9.17, 15) is 0 Å². The van der Waals surface area contributed by atoms with Gasteiger partial charge in [-0.15, -0.1) is 0 Å². The first-order valence-electron chi connectivity index (χ1n) is 11.0. The van der Waals surface area contributed by atoms with Gasteiger partial charge in [-0.1, -0.05) is 13.3 Å². The smallest absolute Gasteiger partial charge is 0.159 e. The SMILES string of the molecule is CCCC1CCNC[C@H]1Nc1nc2ccnn2c(Nc2ccc(OCC)cc2)c1C. The summed E-state index contributed by atoms with van der Waals surface area (Å²) < 4.78 is 7.42. The molecule has 7 heteroatoms.